The zero-order chi connectivity index (χ0) is 11.4. The molecule has 0 atom stereocenters. The minimum atomic E-state index is 0.744. The van der Waals surface area contributed by atoms with Gasteiger partial charge in [-0.1, -0.05) is 11.6 Å². The molecule has 0 radical (unpaired) electrons. The van der Waals surface area contributed by atoms with Gasteiger partial charge in [-0.2, -0.15) is 0 Å². The van der Waals surface area contributed by atoms with Crippen molar-refractivity contribution in [3.05, 3.63) is 22.7 Å². The van der Waals surface area contributed by atoms with Gasteiger partial charge in [0.2, 0.25) is 0 Å². The Hall–Kier alpha value is -0.930. The first-order chi connectivity index (χ1) is 7.10. The number of rotatable bonds is 4. The molecule has 0 aliphatic rings. The summed E-state index contributed by atoms with van der Waals surface area (Å²) in [5, 5.41) is 0.744. The van der Waals surface area contributed by atoms with Gasteiger partial charge in [0.25, 0.3) is 0 Å². The van der Waals surface area contributed by atoms with Gasteiger partial charge in [0.15, 0.2) is 0 Å². The van der Waals surface area contributed by atoms with Crippen molar-refractivity contribution in [3.63, 3.8) is 0 Å². The van der Waals surface area contributed by atoms with Crippen molar-refractivity contribution in [2.75, 3.05) is 31.0 Å². The molecule has 0 saturated heterocycles. The Labute approximate surface area is 96.4 Å². The van der Waals surface area contributed by atoms with Gasteiger partial charge in [-0.25, -0.2) is 5.43 Å². The summed E-state index contributed by atoms with van der Waals surface area (Å²) in [5.74, 6) is 0. The van der Waals surface area contributed by atoms with E-state index >= 15 is 0 Å². The van der Waals surface area contributed by atoms with E-state index in [2.05, 4.69) is 36.6 Å². The van der Waals surface area contributed by atoms with Crippen LogP contribution < -0.4 is 15.8 Å². The van der Waals surface area contributed by atoms with Gasteiger partial charge in [0.1, 0.15) is 0 Å². The molecule has 4 heteroatoms. The van der Waals surface area contributed by atoms with E-state index in [4.69, 9.17) is 11.6 Å². The van der Waals surface area contributed by atoms with E-state index in [0.29, 0.717) is 0 Å². The molecular weight excluding hydrogens is 210 g/mol. The smallest absolute Gasteiger partial charge is 0.0552 e. The van der Waals surface area contributed by atoms with Crippen molar-refractivity contribution < 1.29 is 0 Å². The summed E-state index contributed by atoms with van der Waals surface area (Å²) < 4.78 is 0. The highest BCUT2D eigenvalue weighted by molar-refractivity contribution is 6.31. The van der Waals surface area contributed by atoms with E-state index in [1.165, 1.54) is 5.56 Å². The first-order valence-electron chi connectivity index (χ1n) is 5.04. The van der Waals surface area contributed by atoms with Crippen LogP contribution in [0.3, 0.4) is 0 Å². The van der Waals surface area contributed by atoms with Crippen LogP contribution in [0.2, 0.25) is 5.02 Å². The van der Waals surface area contributed by atoms with Crippen LogP contribution in [0.25, 0.3) is 0 Å². The molecule has 1 aromatic rings. The van der Waals surface area contributed by atoms with Gasteiger partial charge in [-0.05, 0) is 31.5 Å². The molecule has 0 heterocycles. The van der Waals surface area contributed by atoms with Crippen molar-refractivity contribution in [2.24, 2.45) is 0 Å². The van der Waals surface area contributed by atoms with Crippen LogP contribution in [0.15, 0.2) is 12.1 Å². The van der Waals surface area contributed by atoms with Crippen LogP contribution in [0, 0.1) is 6.92 Å². The molecule has 3 nitrogen and oxygen atoms in total. The molecule has 15 heavy (non-hydrogen) atoms. The van der Waals surface area contributed by atoms with Crippen LogP contribution in [0.5, 0.6) is 0 Å². The molecule has 1 rings (SSSR count). The molecule has 0 bridgehead atoms. The molecular formula is C11H18ClN3. The standard InChI is InChI=1S/C11H18ClN3/c1-5-15(4)11-7-9(12)6-10(8(11)2)14-13-3/h6-7,13-14H,5H2,1-4H3. The third-order valence-corrected chi connectivity index (χ3v) is 2.71. The van der Waals surface area contributed by atoms with E-state index in [-0.39, 0.29) is 0 Å². The number of halogens is 1. The SMILES string of the molecule is CCN(C)c1cc(Cl)cc(NNC)c1C. The molecule has 0 amide bonds. The predicted molar refractivity (Wildman–Crippen MR) is 67.8 cm³/mol. The van der Waals surface area contributed by atoms with Crippen LogP contribution in [0.4, 0.5) is 11.4 Å². The van der Waals surface area contributed by atoms with Gasteiger partial charge < -0.3 is 10.3 Å². The van der Waals surface area contributed by atoms with Gasteiger partial charge in [-0.3, -0.25) is 0 Å². The third kappa shape index (κ3) is 2.76. The maximum Gasteiger partial charge on any atom is 0.0552 e. The summed E-state index contributed by atoms with van der Waals surface area (Å²) in [6.45, 7) is 5.16. The van der Waals surface area contributed by atoms with Crippen LogP contribution >= 0.6 is 11.6 Å². The number of nitrogens with one attached hydrogen (secondary N) is 2. The number of nitrogens with zero attached hydrogens (tertiary/aromatic N) is 1. The van der Waals surface area contributed by atoms with E-state index in [9.17, 15) is 0 Å². The highest BCUT2D eigenvalue weighted by atomic mass is 35.5. The number of benzene rings is 1. The third-order valence-electron chi connectivity index (χ3n) is 2.49. The number of hydrazine groups is 1. The van der Waals surface area contributed by atoms with E-state index in [1.54, 1.807) is 0 Å². The molecule has 0 aliphatic heterocycles. The normalized spacial score (nSPS) is 10.2. The monoisotopic (exact) mass is 227 g/mol. The van der Waals surface area contributed by atoms with E-state index in [0.717, 1.165) is 22.9 Å². The average molecular weight is 228 g/mol. The first kappa shape index (κ1) is 12.1. The molecule has 0 unspecified atom stereocenters. The largest absolute Gasteiger partial charge is 0.375 e. The van der Waals surface area contributed by atoms with Crippen molar-refractivity contribution in [2.45, 2.75) is 13.8 Å². The zero-order valence-electron chi connectivity index (χ0n) is 9.69. The molecule has 0 saturated carbocycles. The van der Waals surface area contributed by atoms with Gasteiger partial charge in [0.05, 0.1) is 5.69 Å². The maximum absolute atomic E-state index is 6.06. The average Bonchev–Trinajstić information content (AvgIpc) is 2.22. The summed E-state index contributed by atoms with van der Waals surface area (Å²) in [6.07, 6.45) is 0. The molecule has 0 aromatic heterocycles. The molecule has 0 aliphatic carbocycles. The van der Waals surface area contributed by atoms with Crippen molar-refractivity contribution in [3.8, 4) is 0 Å². The van der Waals surface area contributed by atoms with Crippen LogP contribution in [-0.4, -0.2) is 20.6 Å². The fraction of sp³-hybridized carbons (Fsp3) is 0.455. The Morgan fingerprint density at radius 3 is 2.60 bits per heavy atom. The van der Waals surface area contributed by atoms with Gasteiger partial charge in [-0.15, -0.1) is 0 Å². The first-order valence-corrected chi connectivity index (χ1v) is 5.42. The quantitative estimate of drug-likeness (QED) is 0.775. The fourth-order valence-electron chi connectivity index (χ4n) is 1.50. The minimum Gasteiger partial charge on any atom is -0.375 e. The van der Waals surface area contributed by atoms with Crippen molar-refractivity contribution >= 4 is 23.0 Å². The van der Waals surface area contributed by atoms with Crippen LogP contribution in [0.1, 0.15) is 12.5 Å². The van der Waals surface area contributed by atoms with E-state index < -0.39 is 0 Å². The van der Waals surface area contributed by atoms with E-state index in [1.807, 2.05) is 19.2 Å². The number of hydrogen-bond acceptors (Lipinski definition) is 3. The van der Waals surface area contributed by atoms with Gasteiger partial charge in [0, 0.05) is 31.4 Å². The topological polar surface area (TPSA) is 27.3 Å². The lowest BCUT2D eigenvalue weighted by atomic mass is 10.1. The highest BCUT2D eigenvalue weighted by Crippen LogP contribution is 2.30. The van der Waals surface area contributed by atoms with Crippen molar-refractivity contribution in [1.29, 1.82) is 0 Å². The predicted octanol–water partition coefficient (Wildman–Crippen LogP) is 2.65. The Balaban J connectivity index is 3.15. The second-order valence-electron chi connectivity index (χ2n) is 3.49. The fourth-order valence-corrected chi connectivity index (χ4v) is 1.71. The number of hydrogen-bond donors (Lipinski definition) is 2. The maximum atomic E-state index is 6.06. The summed E-state index contributed by atoms with van der Waals surface area (Å²) in [4.78, 5) is 2.17. The Kier molecular flexibility index (Phi) is 4.24. The lowest BCUT2D eigenvalue weighted by molar-refractivity contribution is 0.950. The van der Waals surface area contributed by atoms with Gasteiger partial charge >= 0.3 is 0 Å². The molecule has 2 N–H and O–H groups in total. The molecule has 84 valence electrons. The molecule has 0 spiro atoms. The summed E-state index contributed by atoms with van der Waals surface area (Å²) >= 11 is 6.06. The van der Waals surface area contributed by atoms with Crippen LogP contribution in [-0.2, 0) is 0 Å². The second-order valence-corrected chi connectivity index (χ2v) is 3.92. The molecule has 0 fully saturated rings. The summed E-state index contributed by atoms with van der Waals surface area (Å²) in [7, 11) is 3.89. The molecule has 1 aromatic carbocycles. The lowest BCUT2D eigenvalue weighted by Crippen LogP contribution is -2.20. The summed E-state index contributed by atoms with van der Waals surface area (Å²) in [5.41, 5.74) is 9.35. The van der Waals surface area contributed by atoms with Crippen molar-refractivity contribution in [1.82, 2.24) is 5.43 Å². The Morgan fingerprint density at radius 1 is 1.40 bits per heavy atom. The summed E-state index contributed by atoms with van der Waals surface area (Å²) in [6, 6.07) is 3.90. The second kappa shape index (κ2) is 5.24. The highest BCUT2D eigenvalue weighted by Gasteiger charge is 2.08. The number of anilines is 2. The zero-order valence-corrected chi connectivity index (χ0v) is 10.4. The Morgan fingerprint density at radius 2 is 2.07 bits per heavy atom. The lowest BCUT2D eigenvalue weighted by Gasteiger charge is -2.22. The minimum absolute atomic E-state index is 0.744. The Bertz CT molecular complexity index is 339.